The zero-order valence-electron chi connectivity index (χ0n) is 6.97. The molecule has 0 fully saturated rings. The molecule has 0 aromatic carbocycles. The van der Waals surface area contributed by atoms with Gasteiger partial charge in [0.05, 0.1) is 0 Å². The summed E-state index contributed by atoms with van der Waals surface area (Å²) in [5.74, 6) is 0.621. The molecule has 12 heavy (non-hydrogen) atoms. The molecule has 1 aromatic rings. The van der Waals surface area contributed by atoms with Crippen LogP contribution in [0.25, 0.3) is 0 Å². The van der Waals surface area contributed by atoms with E-state index in [-0.39, 0.29) is 6.54 Å². The molecule has 0 radical (unpaired) electrons. The molecule has 0 bridgehead atoms. The number of nitrogen functional groups attached to an aromatic ring is 1. The smallest absolute Gasteiger partial charge is 0.128 e. The highest BCUT2D eigenvalue weighted by atomic mass is 19.1. The summed E-state index contributed by atoms with van der Waals surface area (Å²) in [6.45, 7) is 1.74. The zero-order valence-corrected chi connectivity index (χ0v) is 6.97. The third-order valence-electron chi connectivity index (χ3n) is 1.55. The van der Waals surface area contributed by atoms with Crippen LogP contribution in [0.1, 0.15) is 5.56 Å². The molecule has 0 atom stereocenters. The van der Waals surface area contributed by atoms with Crippen molar-refractivity contribution in [2.45, 2.75) is 6.92 Å². The summed E-state index contributed by atoms with van der Waals surface area (Å²) in [6, 6.07) is 1.70. The van der Waals surface area contributed by atoms with Gasteiger partial charge < -0.3 is 11.1 Å². The minimum absolute atomic E-state index is 0.273. The van der Waals surface area contributed by atoms with Gasteiger partial charge in [-0.3, -0.25) is 0 Å². The average molecular weight is 169 g/mol. The highest BCUT2D eigenvalue weighted by molar-refractivity contribution is 5.53. The lowest BCUT2D eigenvalue weighted by Crippen LogP contribution is -2.05. The first-order valence-electron chi connectivity index (χ1n) is 3.76. The van der Waals surface area contributed by atoms with Crippen LogP contribution in [0.3, 0.4) is 0 Å². The summed E-state index contributed by atoms with van der Waals surface area (Å²) in [6.07, 6.45) is 1.66. The number of rotatable bonds is 3. The summed E-state index contributed by atoms with van der Waals surface area (Å²) in [4.78, 5) is 4.02. The quantitative estimate of drug-likeness (QED) is 0.718. The predicted octanol–water partition coefficient (Wildman–Crippen LogP) is 1.35. The molecule has 0 saturated carbocycles. The predicted molar refractivity (Wildman–Crippen MR) is 47.9 cm³/mol. The number of alkyl halides is 1. The van der Waals surface area contributed by atoms with Gasteiger partial charge in [0.15, 0.2) is 0 Å². The number of hydrogen-bond acceptors (Lipinski definition) is 3. The average Bonchev–Trinajstić information content (AvgIpc) is 2.07. The fraction of sp³-hybridized carbons (Fsp3) is 0.375. The van der Waals surface area contributed by atoms with Crippen molar-refractivity contribution in [3.63, 3.8) is 0 Å². The lowest BCUT2D eigenvalue weighted by Gasteiger charge is -2.04. The van der Waals surface area contributed by atoms with Crippen LogP contribution < -0.4 is 11.1 Å². The number of nitrogens with two attached hydrogens (primary N) is 1. The highest BCUT2D eigenvalue weighted by Gasteiger charge is 1.96. The summed E-state index contributed by atoms with van der Waals surface area (Å²) in [5.41, 5.74) is 7.22. The molecular formula is C8H12FN3. The lowest BCUT2D eigenvalue weighted by atomic mass is 10.2. The van der Waals surface area contributed by atoms with E-state index in [4.69, 9.17) is 5.73 Å². The monoisotopic (exact) mass is 169 g/mol. The molecule has 1 rings (SSSR count). The van der Waals surface area contributed by atoms with Crippen molar-refractivity contribution in [1.82, 2.24) is 4.98 Å². The van der Waals surface area contributed by atoms with Crippen molar-refractivity contribution in [1.29, 1.82) is 0 Å². The second-order valence-electron chi connectivity index (χ2n) is 2.54. The maximum Gasteiger partial charge on any atom is 0.128 e. The first-order valence-corrected chi connectivity index (χ1v) is 3.76. The Balaban J connectivity index is 2.69. The molecule has 66 valence electrons. The summed E-state index contributed by atoms with van der Waals surface area (Å²) in [7, 11) is 0. The highest BCUT2D eigenvalue weighted by Crippen LogP contribution is 2.12. The molecule has 3 N–H and O–H groups in total. The van der Waals surface area contributed by atoms with E-state index < -0.39 is 6.67 Å². The Kier molecular flexibility index (Phi) is 2.85. The van der Waals surface area contributed by atoms with E-state index >= 15 is 0 Å². The summed E-state index contributed by atoms with van der Waals surface area (Å²) in [5, 5.41) is 2.80. The molecule has 0 spiro atoms. The lowest BCUT2D eigenvalue weighted by molar-refractivity contribution is 0.512. The van der Waals surface area contributed by atoms with Gasteiger partial charge in [0.1, 0.15) is 12.5 Å². The Hall–Kier alpha value is -1.32. The van der Waals surface area contributed by atoms with Crippen LogP contribution in [-0.4, -0.2) is 18.2 Å². The summed E-state index contributed by atoms with van der Waals surface area (Å²) < 4.78 is 11.7. The van der Waals surface area contributed by atoms with Gasteiger partial charge in [0.25, 0.3) is 0 Å². The molecule has 0 aliphatic rings. The number of aromatic nitrogens is 1. The number of nitrogens with one attached hydrogen (secondary N) is 1. The fourth-order valence-corrected chi connectivity index (χ4v) is 0.811. The molecule has 0 amide bonds. The maximum atomic E-state index is 11.7. The molecule has 4 heteroatoms. The Morgan fingerprint density at radius 2 is 2.42 bits per heavy atom. The van der Waals surface area contributed by atoms with Gasteiger partial charge in [0, 0.05) is 24.5 Å². The van der Waals surface area contributed by atoms with Gasteiger partial charge in [-0.05, 0) is 12.5 Å². The minimum Gasteiger partial charge on any atom is -0.398 e. The van der Waals surface area contributed by atoms with E-state index in [0.717, 1.165) is 5.56 Å². The van der Waals surface area contributed by atoms with E-state index in [1.165, 1.54) is 0 Å². The largest absolute Gasteiger partial charge is 0.398 e. The Morgan fingerprint density at radius 1 is 1.67 bits per heavy atom. The van der Waals surface area contributed by atoms with Crippen molar-refractivity contribution < 1.29 is 4.39 Å². The van der Waals surface area contributed by atoms with Crippen molar-refractivity contribution in [3.05, 3.63) is 17.8 Å². The van der Waals surface area contributed by atoms with Gasteiger partial charge in [0.2, 0.25) is 0 Å². The van der Waals surface area contributed by atoms with E-state index in [9.17, 15) is 4.39 Å². The number of pyridine rings is 1. The third kappa shape index (κ3) is 2.08. The molecule has 3 nitrogen and oxygen atoms in total. The Labute approximate surface area is 70.8 Å². The SMILES string of the molecule is Cc1cnc(NCCF)cc1N. The number of anilines is 2. The van der Waals surface area contributed by atoms with Gasteiger partial charge >= 0.3 is 0 Å². The third-order valence-corrected chi connectivity index (χ3v) is 1.55. The van der Waals surface area contributed by atoms with Crippen LogP contribution in [-0.2, 0) is 0 Å². The standard InChI is InChI=1S/C8H12FN3/c1-6-5-12-8(4-7(6)10)11-3-2-9/h4-5H,2-3H2,1H3,(H3,10,11,12). The Bertz CT molecular complexity index is 262. The molecule has 1 heterocycles. The van der Waals surface area contributed by atoms with Crippen LogP contribution in [0.4, 0.5) is 15.9 Å². The van der Waals surface area contributed by atoms with E-state index in [2.05, 4.69) is 10.3 Å². The maximum absolute atomic E-state index is 11.7. The number of nitrogens with zero attached hydrogens (tertiary/aromatic N) is 1. The van der Waals surface area contributed by atoms with Crippen LogP contribution in [0.2, 0.25) is 0 Å². The van der Waals surface area contributed by atoms with Gasteiger partial charge in [-0.25, -0.2) is 9.37 Å². The zero-order chi connectivity index (χ0) is 8.97. The molecule has 0 aliphatic heterocycles. The van der Waals surface area contributed by atoms with Crippen LogP contribution in [0.5, 0.6) is 0 Å². The van der Waals surface area contributed by atoms with Crippen molar-refractivity contribution in [2.24, 2.45) is 0 Å². The van der Waals surface area contributed by atoms with Crippen molar-refractivity contribution in [3.8, 4) is 0 Å². The molecule has 0 saturated heterocycles. The second-order valence-corrected chi connectivity index (χ2v) is 2.54. The summed E-state index contributed by atoms with van der Waals surface area (Å²) >= 11 is 0. The van der Waals surface area contributed by atoms with Crippen LogP contribution in [0.15, 0.2) is 12.3 Å². The topological polar surface area (TPSA) is 50.9 Å². The number of hydrogen-bond donors (Lipinski definition) is 2. The first kappa shape index (κ1) is 8.77. The fourth-order valence-electron chi connectivity index (χ4n) is 0.811. The van der Waals surface area contributed by atoms with Crippen LogP contribution in [0, 0.1) is 6.92 Å². The van der Waals surface area contributed by atoms with E-state index in [1.807, 2.05) is 6.92 Å². The van der Waals surface area contributed by atoms with Crippen LogP contribution >= 0.6 is 0 Å². The van der Waals surface area contributed by atoms with Gasteiger partial charge in [-0.1, -0.05) is 0 Å². The van der Waals surface area contributed by atoms with E-state index in [0.29, 0.717) is 11.5 Å². The normalized spacial score (nSPS) is 9.83. The molecule has 0 unspecified atom stereocenters. The number of halogens is 1. The van der Waals surface area contributed by atoms with E-state index in [1.54, 1.807) is 12.3 Å². The molecule has 0 aliphatic carbocycles. The van der Waals surface area contributed by atoms with Crippen molar-refractivity contribution in [2.75, 3.05) is 24.3 Å². The molecular weight excluding hydrogens is 157 g/mol. The second kappa shape index (κ2) is 3.90. The van der Waals surface area contributed by atoms with Crippen molar-refractivity contribution >= 4 is 11.5 Å². The number of aryl methyl sites for hydroxylation is 1. The van der Waals surface area contributed by atoms with Gasteiger partial charge in [-0.2, -0.15) is 0 Å². The first-order chi connectivity index (χ1) is 5.74. The Morgan fingerprint density at radius 3 is 3.00 bits per heavy atom. The molecule has 1 aromatic heterocycles. The van der Waals surface area contributed by atoms with Gasteiger partial charge in [-0.15, -0.1) is 0 Å². The minimum atomic E-state index is -0.407.